The van der Waals surface area contributed by atoms with Gasteiger partial charge in [-0.2, -0.15) is 5.10 Å². The minimum absolute atomic E-state index is 0.106. The van der Waals surface area contributed by atoms with Crippen LogP contribution in [-0.2, 0) is 11.3 Å². The van der Waals surface area contributed by atoms with Gasteiger partial charge in [0.2, 0.25) is 5.91 Å². The normalized spacial score (nSPS) is 27.4. The molecule has 0 spiro atoms. The Kier molecular flexibility index (Phi) is 3.38. The van der Waals surface area contributed by atoms with Crippen LogP contribution in [0.2, 0.25) is 0 Å². The van der Waals surface area contributed by atoms with Crippen molar-refractivity contribution in [3.05, 3.63) is 10.6 Å². The van der Waals surface area contributed by atoms with Gasteiger partial charge in [-0.1, -0.05) is 0 Å². The molecular weight excluding hydrogens is 319 g/mol. The molecule has 20 heavy (non-hydrogen) atoms. The van der Waals surface area contributed by atoms with Crippen LogP contribution >= 0.6 is 35.4 Å². The van der Waals surface area contributed by atoms with E-state index in [1.807, 2.05) is 4.57 Å². The van der Waals surface area contributed by atoms with Gasteiger partial charge in [0.05, 0.1) is 5.41 Å². The number of carbonyl (C=O) groups excluding carboxylic acids is 1. The number of nitrogens with one attached hydrogen (secondary N) is 2. The summed E-state index contributed by atoms with van der Waals surface area (Å²) in [5.41, 5.74) is -0.673. The van der Waals surface area contributed by atoms with Gasteiger partial charge < -0.3 is 9.88 Å². The number of aromatic amines is 1. The zero-order valence-corrected chi connectivity index (χ0v) is 13.4. The average molecular weight is 335 g/mol. The maximum Gasteiger partial charge on any atom is 0.229 e. The van der Waals surface area contributed by atoms with Crippen molar-refractivity contribution in [3.63, 3.8) is 0 Å². The number of hydrogen-bond donors (Lipinski definition) is 2. The molecule has 0 bridgehead atoms. The van der Waals surface area contributed by atoms with Crippen LogP contribution in [0.15, 0.2) is 0 Å². The Morgan fingerprint density at radius 2 is 2.25 bits per heavy atom. The first kappa shape index (κ1) is 14.4. The van der Waals surface area contributed by atoms with E-state index in [9.17, 15) is 4.79 Å². The van der Waals surface area contributed by atoms with E-state index in [0.29, 0.717) is 30.2 Å². The second kappa shape index (κ2) is 4.71. The standard InChI is InChI=1S/C12H16Cl2N4OS/c1-11(6-12(11,13)14)9(19)15-4-5-18-8(7-2-3-7)16-17-10(18)20/h7H,2-6H2,1H3,(H,15,19)(H,17,20). The molecule has 1 unspecified atom stereocenters. The van der Waals surface area contributed by atoms with Crippen molar-refractivity contribution in [2.24, 2.45) is 5.41 Å². The minimum Gasteiger partial charge on any atom is -0.354 e. The van der Waals surface area contributed by atoms with Crippen molar-refractivity contribution < 1.29 is 4.79 Å². The van der Waals surface area contributed by atoms with Crippen molar-refractivity contribution >= 4 is 41.3 Å². The number of carbonyl (C=O) groups is 1. The number of rotatable bonds is 5. The van der Waals surface area contributed by atoms with Crippen LogP contribution in [0.4, 0.5) is 0 Å². The van der Waals surface area contributed by atoms with Gasteiger partial charge in [-0.05, 0) is 38.4 Å². The molecule has 1 atom stereocenters. The number of alkyl halides is 2. The lowest BCUT2D eigenvalue weighted by Crippen LogP contribution is -2.35. The number of hydrogen-bond acceptors (Lipinski definition) is 3. The third-order valence-corrected chi connectivity index (χ3v) is 5.52. The van der Waals surface area contributed by atoms with Crippen LogP contribution in [0, 0.1) is 10.2 Å². The van der Waals surface area contributed by atoms with Gasteiger partial charge in [-0.3, -0.25) is 9.89 Å². The molecule has 2 aliphatic carbocycles. The third kappa shape index (κ3) is 2.38. The predicted octanol–water partition coefficient (Wildman–Crippen LogP) is 2.52. The van der Waals surface area contributed by atoms with E-state index in [-0.39, 0.29) is 5.91 Å². The van der Waals surface area contributed by atoms with Crippen molar-refractivity contribution in [2.75, 3.05) is 6.54 Å². The monoisotopic (exact) mass is 334 g/mol. The zero-order valence-electron chi connectivity index (χ0n) is 11.1. The second-order valence-electron chi connectivity index (χ2n) is 5.78. The lowest BCUT2D eigenvalue weighted by molar-refractivity contribution is -0.125. The maximum atomic E-state index is 12.0. The van der Waals surface area contributed by atoms with Gasteiger partial charge >= 0.3 is 0 Å². The first-order valence-corrected chi connectivity index (χ1v) is 7.83. The minimum atomic E-state index is -0.928. The van der Waals surface area contributed by atoms with Gasteiger partial charge in [0.1, 0.15) is 10.2 Å². The van der Waals surface area contributed by atoms with Gasteiger partial charge in [0.15, 0.2) is 4.77 Å². The van der Waals surface area contributed by atoms with E-state index >= 15 is 0 Å². The van der Waals surface area contributed by atoms with E-state index in [2.05, 4.69) is 15.5 Å². The molecule has 2 fully saturated rings. The lowest BCUT2D eigenvalue weighted by Gasteiger charge is -2.13. The molecule has 0 saturated heterocycles. The zero-order chi connectivity index (χ0) is 14.5. The smallest absolute Gasteiger partial charge is 0.229 e. The summed E-state index contributed by atoms with van der Waals surface area (Å²) in [4.78, 5) is 12.0. The van der Waals surface area contributed by atoms with E-state index in [1.165, 1.54) is 0 Å². The SMILES string of the molecule is CC1(C(=O)NCCn2c(C3CC3)n[nH]c2=S)CC1(Cl)Cl. The van der Waals surface area contributed by atoms with Gasteiger partial charge in [0.25, 0.3) is 0 Å². The molecule has 2 aliphatic rings. The Hall–Kier alpha value is -0.590. The Bertz CT molecular complexity index is 607. The first-order chi connectivity index (χ1) is 9.35. The molecule has 0 radical (unpaired) electrons. The van der Waals surface area contributed by atoms with Crippen molar-refractivity contribution in [2.45, 2.75) is 43.0 Å². The Balaban J connectivity index is 1.57. The van der Waals surface area contributed by atoms with E-state index in [1.54, 1.807) is 6.92 Å². The van der Waals surface area contributed by atoms with Crippen molar-refractivity contribution in [1.29, 1.82) is 0 Å². The third-order valence-electron chi connectivity index (χ3n) is 4.11. The Morgan fingerprint density at radius 3 is 2.80 bits per heavy atom. The fraction of sp³-hybridized carbons (Fsp3) is 0.750. The first-order valence-electron chi connectivity index (χ1n) is 6.66. The van der Waals surface area contributed by atoms with E-state index < -0.39 is 9.75 Å². The van der Waals surface area contributed by atoms with Crippen LogP contribution in [0.1, 0.15) is 37.9 Å². The molecule has 3 rings (SSSR count). The fourth-order valence-electron chi connectivity index (χ4n) is 2.32. The Labute approximate surface area is 132 Å². The molecule has 8 heteroatoms. The van der Waals surface area contributed by atoms with Gasteiger partial charge in [-0.25, -0.2) is 0 Å². The largest absolute Gasteiger partial charge is 0.354 e. The number of H-pyrrole nitrogens is 1. The molecule has 1 amide bonds. The topological polar surface area (TPSA) is 62.7 Å². The Morgan fingerprint density at radius 1 is 1.60 bits per heavy atom. The van der Waals surface area contributed by atoms with Crippen LogP contribution < -0.4 is 5.32 Å². The highest BCUT2D eigenvalue weighted by atomic mass is 35.5. The summed E-state index contributed by atoms with van der Waals surface area (Å²) in [7, 11) is 0. The molecule has 0 aliphatic heterocycles. The summed E-state index contributed by atoms with van der Waals surface area (Å²) in [6.45, 7) is 2.88. The lowest BCUT2D eigenvalue weighted by atomic mass is 10.1. The maximum absolute atomic E-state index is 12.0. The second-order valence-corrected chi connectivity index (χ2v) is 7.65. The predicted molar refractivity (Wildman–Crippen MR) is 79.6 cm³/mol. The van der Waals surface area contributed by atoms with Crippen LogP contribution in [-0.4, -0.2) is 31.5 Å². The highest BCUT2D eigenvalue weighted by Crippen LogP contribution is 2.63. The van der Waals surface area contributed by atoms with E-state index in [4.69, 9.17) is 35.4 Å². The van der Waals surface area contributed by atoms with E-state index in [0.717, 1.165) is 18.7 Å². The highest BCUT2D eigenvalue weighted by Gasteiger charge is 2.67. The average Bonchev–Trinajstić information content (AvgIpc) is 3.24. The molecule has 1 heterocycles. The van der Waals surface area contributed by atoms with Gasteiger partial charge in [-0.15, -0.1) is 23.2 Å². The summed E-state index contributed by atoms with van der Waals surface area (Å²) < 4.78 is 1.63. The quantitative estimate of drug-likeness (QED) is 0.642. The number of aromatic nitrogens is 3. The molecule has 5 nitrogen and oxygen atoms in total. The summed E-state index contributed by atoms with van der Waals surface area (Å²) in [5.74, 6) is 1.40. The fourth-order valence-corrected chi connectivity index (χ4v) is 3.26. The summed E-state index contributed by atoms with van der Waals surface area (Å²) in [6, 6.07) is 0. The summed E-state index contributed by atoms with van der Waals surface area (Å²) in [5, 5.41) is 9.94. The van der Waals surface area contributed by atoms with Crippen LogP contribution in [0.25, 0.3) is 0 Å². The molecule has 110 valence electrons. The summed E-state index contributed by atoms with van der Waals surface area (Å²) in [6.07, 6.45) is 2.81. The molecular formula is C12H16Cl2N4OS. The number of halogens is 2. The number of nitrogens with zero attached hydrogens (tertiary/aromatic N) is 2. The van der Waals surface area contributed by atoms with Crippen molar-refractivity contribution in [1.82, 2.24) is 20.1 Å². The number of amides is 1. The molecule has 1 aromatic heterocycles. The molecule has 2 saturated carbocycles. The molecule has 2 N–H and O–H groups in total. The highest BCUT2D eigenvalue weighted by molar-refractivity contribution is 7.71. The van der Waals surface area contributed by atoms with Crippen LogP contribution in [0.3, 0.4) is 0 Å². The summed E-state index contributed by atoms with van der Waals surface area (Å²) >= 11 is 17.2. The molecule has 1 aromatic rings. The van der Waals surface area contributed by atoms with Crippen molar-refractivity contribution in [3.8, 4) is 0 Å². The van der Waals surface area contributed by atoms with Crippen LogP contribution in [0.5, 0.6) is 0 Å². The molecule has 0 aromatic carbocycles. The van der Waals surface area contributed by atoms with Gasteiger partial charge in [0, 0.05) is 19.0 Å².